The Morgan fingerprint density at radius 2 is 1.83 bits per heavy atom. The number of hydrogen-bond donors (Lipinski definition) is 1. The van der Waals surface area contributed by atoms with Crippen molar-refractivity contribution in [1.82, 2.24) is 5.32 Å². The molecular weight excluding hydrogens is 250 g/mol. The van der Waals surface area contributed by atoms with Gasteiger partial charge in [-0.05, 0) is 55.6 Å². The van der Waals surface area contributed by atoms with Gasteiger partial charge in [0.2, 0.25) is 0 Å². The molecule has 1 N–H and O–H groups in total. The van der Waals surface area contributed by atoms with Gasteiger partial charge < -0.3 is 10.1 Å². The zero-order chi connectivity index (χ0) is 13.2. The van der Waals surface area contributed by atoms with E-state index in [0.29, 0.717) is 18.4 Å². The van der Waals surface area contributed by atoms with Crippen LogP contribution in [0.2, 0.25) is 0 Å². The fourth-order valence-electron chi connectivity index (χ4n) is 2.16. The highest BCUT2D eigenvalue weighted by molar-refractivity contribution is 5.32. The second kappa shape index (κ2) is 5.14. The van der Waals surface area contributed by atoms with Crippen molar-refractivity contribution in [3.05, 3.63) is 29.6 Å². The Kier molecular flexibility index (Phi) is 3.75. The molecule has 0 radical (unpaired) electrons. The molecule has 100 valence electrons. The molecule has 0 aromatic heterocycles. The molecule has 0 unspecified atom stereocenters. The fourth-order valence-corrected chi connectivity index (χ4v) is 2.16. The minimum atomic E-state index is -4.75. The van der Waals surface area contributed by atoms with Gasteiger partial charge in [0, 0.05) is 0 Å². The molecule has 0 spiro atoms. The number of halogens is 4. The van der Waals surface area contributed by atoms with Crippen LogP contribution in [0.25, 0.3) is 0 Å². The summed E-state index contributed by atoms with van der Waals surface area (Å²) in [6, 6.07) is 3.17. The number of alkyl halides is 3. The molecule has 0 saturated carbocycles. The van der Waals surface area contributed by atoms with Crippen molar-refractivity contribution in [2.45, 2.75) is 25.1 Å². The van der Waals surface area contributed by atoms with E-state index >= 15 is 0 Å². The maximum atomic E-state index is 13.6. The zero-order valence-electron chi connectivity index (χ0n) is 9.56. The third-order valence-electron chi connectivity index (χ3n) is 2.98. The Bertz CT molecular complexity index is 413. The third-order valence-corrected chi connectivity index (χ3v) is 2.98. The number of piperidine rings is 1. The van der Waals surface area contributed by atoms with Crippen molar-refractivity contribution in [2.75, 3.05) is 13.1 Å². The quantitative estimate of drug-likeness (QED) is 0.827. The van der Waals surface area contributed by atoms with Crippen LogP contribution in [0.5, 0.6) is 5.75 Å². The molecular formula is C12H13F4NO. The molecule has 1 aromatic carbocycles. The van der Waals surface area contributed by atoms with E-state index in [1.807, 2.05) is 0 Å². The summed E-state index contributed by atoms with van der Waals surface area (Å²) in [5, 5.41) is 3.12. The smallest absolute Gasteiger partial charge is 0.406 e. The molecule has 1 aliphatic rings. The SMILES string of the molecule is Fc1ccc(OC(F)(F)F)cc1C1CCNCC1. The largest absolute Gasteiger partial charge is 0.573 e. The van der Waals surface area contributed by atoms with Crippen LogP contribution in [0.3, 0.4) is 0 Å². The van der Waals surface area contributed by atoms with Gasteiger partial charge in [-0.3, -0.25) is 0 Å². The lowest BCUT2D eigenvalue weighted by molar-refractivity contribution is -0.274. The number of benzene rings is 1. The Labute approximate surface area is 102 Å². The van der Waals surface area contributed by atoms with Gasteiger partial charge in [0.05, 0.1) is 0 Å². The van der Waals surface area contributed by atoms with Crippen LogP contribution in [0, 0.1) is 5.82 Å². The molecule has 1 saturated heterocycles. The summed E-state index contributed by atoms with van der Waals surface area (Å²) >= 11 is 0. The predicted octanol–water partition coefficient (Wildman–Crippen LogP) is 3.19. The standard InChI is InChI=1S/C12H13F4NO/c13-11-2-1-9(18-12(14,15)16)7-10(11)8-3-5-17-6-4-8/h1-2,7-8,17H,3-6H2. The Morgan fingerprint density at radius 3 is 2.44 bits per heavy atom. The maximum Gasteiger partial charge on any atom is 0.573 e. The van der Waals surface area contributed by atoms with E-state index in [-0.39, 0.29) is 11.7 Å². The Morgan fingerprint density at radius 1 is 1.17 bits per heavy atom. The first-order valence-electron chi connectivity index (χ1n) is 5.71. The van der Waals surface area contributed by atoms with Crippen LogP contribution in [0.15, 0.2) is 18.2 Å². The molecule has 0 bridgehead atoms. The van der Waals surface area contributed by atoms with Gasteiger partial charge in [-0.25, -0.2) is 4.39 Å². The molecule has 0 amide bonds. The average molecular weight is 263 g/mol. The van der Waals surface area contributed by atoms with Gasteiger partial charge in [0.15, 0.2) is 0 Å². The van der Waals surface area contributed by atoms with Crippen LogP contribution in [0.4, 0.5) is 17.6 Å². The summed E-state index contributed by atoms with van der Waals surface area (Å²) in [5.41, 5.74) is 0.304. The minimum Gasteiger partial charge on any atom is -0.406 e. The zero-order valence-corrected chi connectivity index (χ0v) is 9.56. The molecule has 1 aromatic rings. The normalized spacial score (nSPS) is 17.8. The fraction of sp³-hybridized carbons (Fsp3) is 0.500. The van der Waals surface area contributed by atoms with Crippen molar-refractivity contribution in [1.29, 1.82) is 0 Å². The summed E-state index contributed by atoms with van der Waals surface area (Å²) in [7, 11) is 0. The highest BCUT2D eigenvalue weighted by atomic mass is 19.4. The lowest BCUT2D eigenvalue weighted by Crippen LogP contribution is -2.27. The average Bonchev–Trinajstić information content (AvgIpc) is 2.31. The van der Waals surface area contributed by atoms with Gasteiger partial charge in [0.1, 0.15) is 11.6 Å². The van der Waals surface area contributed by atoms with Crippen LogP contribution >= 0.6 is 0 Å². The second-order valence-corrected chi connectivity index (χ2v) is 4.26. The topological polar surface area (TPSA) is 21.3 Å². The highest BCUT2D eigenvalue weighted by Crippen LogP contribution is 2.32. The predicted molar refractivity (Wildman–Crippen MR) is 57.9 cm³/mol. The van der Waals surface area contributed by atoms with Crippen LogP contribution in [0.1, 0.15) is 24.3 Å². The first-order chi connectivity index (χ1) is 8.46. The highest BCUT2D eigenvalue weighted by Gasteiger charge is 2.31. The van der Waals surface area contributed by atoms with Crippen molar-refractivity contribution >= 4 is 0 Å². The first-order valence-corrected chi connectivity index (χ1v) is 5.71. The van der Waals surface area contributed by atoms with Crippen molar-refractivity contribution in [3.63, 3.8) is 0 Å². The van der Waals surface area contributed by atoms with E-state index in [9.17, 15) is 17.6 Å². The number of hydrogen-bond acceptors (Lipinski definition) is 2. The monoisotopic (exact) mass is 263 g/mol. The summed E-state index contributed by atoms with van der Waals surface area (Å²) in [6.07, 6.45) is -3.32. The maximum absolute atomic E-state index is 13.6. The van der Waals surface area contributed by atoms with Crippen LogP contribution in [-0.2, 0) is 0 Å². The Hall–Kier alpha value is -1.30. The molecule has 2 rings (SSSR count). The summed E-state index contributed by atoms with van der Waals surface area (Å²) in [4.78, 5) is 0. The molecule has 0 aliphatic carbocycles. The summed E-state index contributed by atoms with van der Waals surface area (Å²) < 4.78 is 53.7. The lowest BCUT2D eigenvalue weighted by Gasteiger charge is -2.23. The second-order valence-electron chi connectivity index (χ2n) is 4.26. The van der Waals surface area contributed by atoms with Gasteiger partial charge >= 0.3 is 6.36 Å². The van der Waals surface area contributed by atoms with Crippen LogP contribution in [-0.4, -0.2) is 19.5 Å². The van der Waals surface area contributed by atoms with Gasteiger partial charge in [-0.2, -0.15) is 0 Å². The lowest BCUT2D eigenvalue weighted by atomic mass is 9.90. The molecule has 2 nitrogen and oxygen atoms in total. The van der Waals surface area contributed by atoms with E-state index in [1.54, 1.807) is 0 Å². The third kappa shape index (κ3) is 3.35. The number of ether oxygens (including phenoxy) is 1. The van der Waals surface area contributed by atoms with E-state index in [2.05, 4.69) is 10.1 Å². The molecule has 1 heterocycles. The Balaban J connectivity index is 2.20. The molecule has 1 aliphatic heterocycles. The van der Waals surface area contributed by atoms with Gasteiger partial charge in [-0.15, -0.1) is 13.2 Å². The summed E-state index contributed by atoms with van der Waals surface area (Å²) in [6.45, 7) is 1.49. The number of rotatable bonds is 2. The van der Waals surface area contributed by atoms with E-state index in [4.69, 9.17) is 0 Å². The van der Waals surface area contributed by atoms with Crippen LogP contribution < -0.4 is 10.1 Å². The van der Waals surface area contributed by atoms with Crippen molar-refractivity contribution in [2.24, 2.45) is 0 Å². The first kappa shape index (κ1) is 13.1. The van der Waals surface area contributed by atoms with Crippen molar-refractivity contribution in [3.8, 4) is 5.75 Å². The molecule has 18 heavy (non-hydrogen) atoms. The van der Waals surface area contributed by atoms with E-state index in [0.717, 1.165) is 31.3 Å². The molecule has 6 heteroatoms. The molecule has 1 fully saturated rings. The van der Waals surface area contributed by atoms with Gasteiger partial charge in [0.25, 0.3) is 0 Å². The summed E-state index contributed by atoms with van der Waals surface area (Å²) in [5.74, 6) is -0.892. The number of nitrogens with one attached hydrogen (secondary N) is 1. The van der Waals surface area contributed by atoms with E-state index < -0.39 is 12.2 Å². The van der Waals surface area contributed by atoms with Gasteiger partial charge in [-0.1, -0.05) is 0 Å². The molecule has 0 atom stereocenters. The minimum absolute atomic E-state index is 0.0527. The van der Waals surface area contributed by atoms with Crippen molar-refractivity contribution < 1.29 is 22.3 Å². The van der Waals surface area contributed by atoms with E-state index in [1.165, 1.54) is 0 Å².